The fourth-order valence-electron chi connectivity index (χ4n) is 2.62. The number of amides is 2. The lowest BCUT2D eigenvalue weighted by Gasteiger charge is -2.28. The summed E-state index contributed by atoms with van der Waals surface area (Å²) in [6.07, 6.45) is 7.65. The molecule has 0 radical (unpaired) electrons. The van der Waals surface area contributed by atoms with Gasteiger partial charge in [-0.15, -0.1) is 0 Å². The van der Waals surface area contributed by atoms with Crippen molar-refractivity contribution in [1.29, 1.82) is 0 Å². The SMILES string of the molecule is O=C(C=CC(=O)N1CCCc2ccccc21)Nc1cccnc1. The summed E-state index contributed by atoms with van der Waals surface area (Å²) < 4.78 is 0. The van der Waals surface area contributed by atoms with E-state index in [4.69, 9.17) is 0 Å². The highest BCUT2D eigenvalue weighted by molar-refractivity contribution is 6.08. The van der Waals surface area contributed by atoms with Gasteiger partial charge in [0.05, 0.1) is 11.9 Å². The van der Waals surface area contributed by atoms with Crippen LogP contribution in [-0.4, -0.2) is 23.3 Å². The van der Waals surface area contributed by atoms with E-state index in [0.717, 1.165) is 18.5 Å². The van der Waals surface area contributed by atoms with Crippen molar-refractivity contribution in [3.63, 3.8) is 0 Å². The Bertz CT molecular complexity index is 741. The summed E-state index contributed by atoms with van der Waals surface area (Å²) in [5, 5.41) is 2.66. The monoisotopic (exact) mass is 307 g/mol. The van der Waals surface area contributed by atoms with Gasteiger partial charge in [0, 0.05) is 30.6 Å². The Hall–Kier alpha value is -2.95. The van der Waals surface area contributed by atoms with Gasteiger partial charge in [-0.1, -0.05) is 18.2 Å². The molecule has 2 amide bonds. The number of para-hydroxylation sites is 1. The molecule has 23 heavy (non-hydrogen) atoms. The number of nitrogens with one attached hydrogen (secondary N) is 1. The fourth-order valence-corrected chi connectivity index (χ4v) is 2.62. The molecule has 5 heteroatoms. The van der Waals surface area contributed by atoms with E-state index >= 15 is 0 Å². The minimum atomic E-state index is -0.350. The summed E-state index contributed by atoms with van der Waals surface area (Å²) >= 11 is 0. The van der Waals surface area contributed by atoms with Crippen molar-refractivity contribution in [1.82, 2.24) is 4.98 Å². The Morgan fingerprint density at radius 1 is 1.13 bits per heavy atom. The van der Waals surface area contributed by atoms with E-state index in [1.165, 1.54) is 17.7 Å². The maximum atomic E-state index is 12.4. The summed E-state index contributed by atoms with van der Waals surface area (Å²) in [7, 11) is 0. The van der Waals surface area contributed by atoms with Crippen LogP contribution in [0.25, 0.3) is 0 Å². The van der Waals surface area contributed by atoms with E-state index < -0.39 is 0 Å². The largest absolute Gasteiger partial charge is 0.321 e. The molecule has 1 aliphatic rings. The van der Waals surface area contributed by atoms with Crippen LogP contribution in [0.3, 0.4) is 0 Å². The van der Waals surface area contributed by atoms with Crippen LogP contribution in [-0.2, 0) is 16.0 Å². The zero-order chi connectivity index (χ0) is 16.1. The van der Waals surface area contributed by atoms with Gasteiger partial charge in [0.25, 0.3) is 5.91 Å². The zero-order valence-electron chi connectivity index (χ0n) is 12.6. The lowest BCUT2D eigenvalue weighted by atomic mass is 10.0. The molecule has 5 nitrogen and oxygen atoms in total. The van der Waals surface area contributed by atoms with Gasteiger partial charge in [0.1, 0.15) is 0 Å². The number of hydrogen-bond acceptors (Lipinski definition) is 3. The molecule has 0 spiro atoms. The molecular formula is C18H17N3O2. The average Bonchev–Trinajstić information content (AvgIpc) is 2.60. The highest BCUT2D eigenvalue weighted by Gasteiger charge is 2.20. The van der Waals surface area contributed by atoms with Crippen molar-refractivity contribution >= 4 is 23.2 Å². The molecule has 3 rings (SSSR count). The topological polar surface area (TPSA) is 62.3 Å². The first kappa shape index (κ1) is 15.0. The highest BCUT2D eigenvalue weighted by atomic mass is 16.2. The van der Waals surface area contributed by atoms with Gasteiger partial charge in [-0.05, 0) is 36.6 Å². The van der Waals surface area contributed by atoms with E-state index in [0.29, 0.717) is 12.2 Å². The Labute approximate surface area is 134 Å². The van der Waals surface area contributed by atoms with Crippen molar-refractivity contribution in [3.05, 3.63) is 66.5 Å². The second kappa shape index (κ2) is 6.87. The Balaban J connectivity index is 1.66. The number of hydrogen-bond donors (Lipinski definition) is 1. The molecule has 0 saturated heterocycles. The van der Waals surface area contributed by atoms with E-state index in [9.17, 15) is 9.59 Å². The van der Waals surface area contributed by atoms with E-state index in [1.807, 2.05) is 24.3 Å². The molecule has 0 unspecified atom stereocenters. The number of rotatable bonds is 3. The average molecular weight is 307 g/mol. The molecule has 1 N–H and O–H groups in total. The molecule has 0 atom stereocenters. The molecule has 0 saturated carbocycles. The fraction of sp³-hybridized carbons (Fsp3) is 0.167. The minimum Gasteiger partial charge on any atom is -0.321 e. The number of carbonyl (C=O) groups is 2. The lowest BCUT2D eigenvalue weighted by Crippen LogP contribution is -2.34. The van der Waals surface area contributed by atoms with Crippen LogP contribution in [0.15, 0.2) is 60.9 Å². The lowest BCUT2D eigenvalue weighted by molar-refractivity contribution is -0.115. The number of aryl methyl sites for hydroxylation is 1. The number of anilines is 2. The van der Waals surface area contributed by atoms with Gasteiger partial charge in [0.15, 0.2) is 0 Å². The summed E-state index contributed by atoms with van der Waals surface area (Å²) in [5.41, 5.74) is 2.69. The molecule has 1 aromatic carbocycles. The molecule has 0 fully saturated rings. The van der Waals surface area contributed by atoms with Crippen LogP contribution in [0.5, 0.6) is 0 Å². The predicted octanol–water partition coefficient (Wildman–Crippen LogP) is 2.56. The van der Waals surface area contributed by atoms with Crippen LogP contribution < -0.4 is 10.2 Å². The standard InChI is InChI=1S/C18H17N3O2/c22-17(20-15-7-3-11-19-13-15)9-10-18(23)21-12-4-6-14-5-1-2-8-16(14)21/h1-3,5,7-11,13H,4,6,12H2,(H,20,22). The van der Waals surface area contributed by atoms with Gasteiger partial charge in [-0.25, -0.2) is 0 Å². The van der Waals surface area contributed by atoms with E-state index in [2.05, 4.69) is 10.3 Å². The van der Waals surface area contributed by atoms with Crippen molar-refractivity contribution in [2.24, 2.45) is 0 Å². The van der Waals surface area contributed by atoms with Gasteiger partial charge >= 0.3 is 0 Å². The number of nitrogens with zero attached hydrogens (tertiary/aromatic N) is 2. The highest BCUT2D eigenvalue weighted by Crippen LogP contribution is 2.26. The van der Waals surface area contributed by atoms with Crippen molar-refractivity contribution in [2.75, 3.05) is 16.8 Å². The van der Waals surface area contributed by atoms with Crippen molar-refractivity contribution in [3.8, 4) is 0 Å². The van der Waals surface area contributed by atoms with E-state index in [-0.39, 0.29) is 11.8 Å². The van der Waals surface area contributed by atoms with Crippen molar-refractivity contribution < 1.29 is 9.59 Å². The first-order chi connectivity index (χ1) is 11.2. The number of pyridine rings is 1. The summed E-state index contributed by atoms with van der Waals surface area (Å²) in [6.45, 7) is 0.671. The number of carbonyl (C=O) groups excluding carboxylic acids is 2. The Morgan fingerprint density at radius 3 is 2.83 bits per heavy atom. The van der Waals surface area contributed by atoms with Crippen LogP contribution in [0.2, 0.25) is 0 Å². The van der Waals surface area contributed by atoms with Crippen molar-refractivity contribution in [2.45, 2.75) is 12.8 Å². The van der Waals surface area contributed by atoms with Gasteiger partial charge in [0.2, 0.25) is 5.91 Å². The van der Waals surface area contributed by atoms with Crippen LogP contribution in [0.4, 0.5) is 11.4 Å². The predicted molar refractivity (Wildman–Crippen MR) is 89.1 cm³/mol. The first-order valence-electron chi connectivity index (χ1n) is 7.52. The van der Waals surface area contributed by atoms with Crippen LogP contribution >= 0.6 is 0 Å². The molecular weight excluding hydrogens is 290 g/mol. The number of aromatic nitrogens is 1. The molecule has 0 aliphatic carbocycles. The molecule has 1 aliphatic heterocycles. The third kappa shape index (κ3) is 3.63. The molecule has 2 aromatic rings. The Morgan fingerprint density at radius 2 is 2.00 bits per heavy atom. The molecule has 2 heterocycles. The molecule has 116 valence electrons. The quantitative estimate of drug-likeness (QED) is 0.886. The Kier molecular flexibility index (Phi) is 4.47. The summed E-state index contributed by atoms with van der Waals surface area (Å²) in [4.78, 5) is 29.8. The van der Waals surface area contributed by atoms with Gasteiger partial charge < -0.3 is 10.2 Å². The van der Waals surface area contributed by atoms with E-state index in [1.54, 1.807) is 29.4 Å². The van der Waals surface area contributed by atoms with Gasteiger partial charge in [-0.3, -0.25) is 14.6 Å². The molecule has 1 aromatic heterocycles. The maximum absolute atomic E-state index is 12.4. The molecule has 0 bridgehead atoms. The number of benzene rings is 1. The second-order valence-corrected chi connectivity index (χ2v) is 5.29. The van der Waals surface area contributed by atoms with Crippen LogP contribution in [0.1, 0.15) is 12.0 Å². The summed E-state index contributed by atoms with van der Waals surface area (Å²) in [6, 6.07) is 11.3. The zero-order valence-corrected chi connectivity index (χ0v) is 12.6. The summed E-state index contributed by atoms with van der Waals surface area (Å²) in [5.74, 6) is -0.532. The third-order valence-corrected chi connectivity index (χ3v) is 3.68. The first-order valence-corrected chi connectivity index (χ1v) is 7.52. The smallest absolute Gasteiger partial charge is 0.251 e. The maximum Gasteiger partial charge on any atom is 0.251 e. The minimum absolute atomic E-state index is 0.182. The number of fused-ring (bicyclic) bond motifs is 1. The normalized spacial score (nSPS) is 13.7. The second-order valence-electron chi connectivity index (χ2n) is 5.29. The van der Waals surface area contributed by atoms with Crippen LogP contribution in [0, 0.1) is 0 Å². The van der Waals surface area contributed by atoms with Gasteiger partial charge in [-0.2, -0.15) is 0 Å². The third-order valence-electron chi connectivity index (χ3n) is 3.68.